The molecule has 1 aromatic heterocycles. The van der Waals surface area contributed by atoms with Crippen molar-refractivity contribution < 1.29 is 4.79 Å². The number of carbonyl (C=O) groups is 1. The average Bonchev–Trinajstić information content (AvgIpc) is 2.57. The van der Waals surface area contributed by atoms with E-state index in [0.29, 0.717) is 0 Å². The molecule has 3 heteroatoms. The summed E-state index contributed by atoms with van der Waals surface area (Å²) in [6.45, 7) is 0. The van der Waals surface area contributed by atoms with Crippen LogP contribution >= 0.6 is 0 Å². The number of Topliss-reactive ketones (excluding diaryl/α,β-unsaturated/α-hetero) is 1. The normalized spacial score (nSPS) is 10.1. The fourth-order valence-corrected chi connectivity index (χ4v) is 1.78. The number of fused-ring (bicyclic) bond motifs is 1. The van der Waals surface area contributed by atoms with Crippen molar-refractivity contribution in [1.29, 1.82) is 5.26 Å². The largest absolute Gasteiger partial charge is 0.350 e. The third-order valence-corrected chi connectivity index (χ3v) is 2.46. The number of benzene rings is 1. The molecule has 2 rings (SSSR count). The number of aryl methyl sites for hydroxylation is 1. The topological polar surface area (TPSA) is 45.8 Å². The third kappa shape index (κ3) is 1.62. The van der Waals surface area contributed by atoms with Gasteiger partial charge in [0.25, 0.3) is 0 Å². The maximum Gasteiger partial charge on any atom is 0.236 e. The SMILES string of the molecule is Cn1cc(CC(=O)C#N)c2ccccc21. The minimum absolute atomic E-state index is 0.192. The van der Waals surface area contributed by atoms with E-state index in [2.05, 4.69) is 0 Å². The Morgan fingerprint density at radius 1 is 1.47 bits per heavy atom. The summed E-state index contributed by atoms with van der Waals surface area (Å²) in [7, 11) is 1.93. The maximum absolute atomic E-state index is 11.1. The molecule has 1 aromatic carbocycles. The van der Waals surface area contributed by atoms with Crippen molar-refractivity contribution >= 4 is 16.7 Å². The number of carbonyl (C=O) groups excluding carboxylic acids is 1. The Balaban J connectivity index is 2.53. The number of nitrogens with zero attached hydrogens (tertiary/aromatic N) is 2. The molecule has 74 valence electrons. The van der Waals surface area contributed by atoms with Gasteiger partial charge < -0.3 is 4.57 Å². The van der Waals surface area contributed by atoms with E-state index in [-0.39, 0.29) is 6.42 Å². The van der Waals surface area contributed by atoms with Crippen molar-refractivity contribution in [2.75, 3.05) is 0 Å². The van der Waals surface area contributed by atoms with E-state index < -0.39 is 5.78 Å². The molecular weight excluding hydrogens is 188 g/mol. The van der Waals surface area contributed by atoms with Crippen molar-refractivity contribution in [2.24, 2.45) is 7.05 Å². The van der Waals surface area contributed by atoms with Gasteiger partial charge in [0.15, 0.2) is 0 Å². The van der Waals surface area contributed by atoms with Gasteiger partial charge in [0.1, 0.15) is 6.07 Å². The number of hydrogen-bond acceptors (Lipinski definition) is 2. The summed E-state index contributed by atoms with van der Waals surface area (Å²) in [6.07, 6.45) is 2.09. The van der Waals surface area contributed by atoms with Gasteiger partial charge in [-0.05, 0) is 11.6 Å². The lowest BCUT2D eigenvalue weighted by Crippen LogP contribution is -1.97. The van der Waals surface area contributed by atoms with Crippen LogP contribution in [0, 0.1) is 11.3 Å². The third-order valence-electron chi connectivity index (χ3n) is 2.46. The van der Waals surface area contributed by atoms with E-state index in [4.69, 9.17) is 5.26 Å². The number of rotatable bonds is 2. The summed E-state index contributed by atoms with van der Waals surface area (Å²) in [5.41, 5.74) is 2.00. The van der Waals surface area contributed by atoms with Gasteiger partial charge in [0.2, 0.25) is 5.78 Å². The van der Waals surface area contributed by atoms with Crippen LogP contribution in [0.5, 0.6) is 0 Å². The molecule has 0 spiro atoms. The molecule has 0 saturated heterocycles. The van der Waals surface area contributed by atoms with E-state index in [0.717, 1.165) is 16.5 Å². The van der Waals surface area contributed by atoms with Crippen LogP contribution < -0.4 is 0 Å². The molecule has 0 aliphatic carbocycles. The number of aromatic nitrogens is 1. The highest BCUT2D eigenvalue weighted by atomic mass is 16.1. The average molecular weight is 198 g/mol. The molecular formula is C12H10N2O. The van der Waals surface area contributed by atoms with Gasteiger partial charge in [-0.1, -0.05) is 18.2 Å². The van der Waals surface area contributed by atoms with Crippen LogP contribution in [-0.4, -0.2) is 10.4 Å². The van der Waals surface area contributed by atoms with E-state index in [1.807, 2.05) is 42.1 Å². The molecule has 0 radical (unpaired) electrons. The first kappa shape index (κ1) is 9.47. The van der Waals surface area contributed by atoms with E-state index in [1.54, 1.807) is 6.07 Å². The molecule has 1 heterocycles. The van der Waals surface area contributed by atoms with Crippen molar-refractivity contribution in [3.8, 4) is 6.07 Å². The molecule has 15 heavy (non-hydrogen) atoms. The monoisotopic (exact) mass is 198 g/mol. The van der Waals surface area contributed by atoms with Crippen LogP contribution in [0.1, 0.15) is 5.56 Å². The molecule has 0 aliphatic heterocycles. The van der Waals surface area contributed by atoms with Gasteiger partial charge in [-0.15, -0.1) is 0 Å². The molecule has 0 fully saturated rings. The second-order valence-electron chi connectivity index (χ2n) is 3.49. The van der Waals surface area contributed by atoms with Crippen molar-refractivity contribution in [1.82, 2.24) is 4.57 Å². The highest BCUT2D eigenvalue weighted by Crippen LogP contribution is 2.20. The Hall–Kier alpha value is -2.08. The molecule has 0 amide bonds. The van der Waals surface area contributed by atoms with Crippen LogP contribution in [0.25, 0.3) is 10.9 Å². The summed E-state index contributed by atoms with van der Waals surface area (Å²) in [5, 5.41) is 9.51. The zero-order chi connectivity index (χ0) is 10.8. The first-order valence-electron chi connectivity index (χ1n) is 4.68. The van der Waals surface area contributed by atoms with Crippen LogP contribution in [0.15, 0.2) is 30.5 Å². The van der Waals surface area contributed by atoms with Crippen molar-refractivity contribution in [2.45, 2.75) is 6.42 Å². The summed E-state index contributed by atoms with van der Waals surface area (Å²) in [4.78, 5) is 11.1. The summed E-state index contributed by atoms with van der Waals surface area (Å²) in [6, 6.07) is 9.49. The molecule has 0 aliphatic rings. The second-order valence-corrected chi connectivity index (χ2v) is 3.49. The first-order valence-corrected chi connectivity index (χ1v) is 4.68. The van der Waals surface area contributed by atoms with Crippen LogP contribution in [0.4, 0.5) is 0 Å². The van der Waals surface area contributed by atoms with Gasteiger partial charge in [-0.2, -0.15) is 5.26 Å². The van der Waals surface area contributed by atoms with Crippen LogP contribution in [0.2, 0.25) is 0 Å². The zero-order valence-electron chi connectivity index (χ0n) is 8.40. The number of ketones is 1. The Labute approximate surface area is 87.5 Å². The van der Waals surface area contributed by atoms with E-state index >= 15 is 0 Å². The molecule has 0 atom stereocenters. The fraction of sp³-hybridized carbons (Fsp3) is 0.167. The quantitative estimate of drug-likeness (QED) is 0.691. The molecule has 3 nitrogen and oxygen atoms in total. The summed E-state index contributed by atoms with van der Waals surface area (Å²) < 4.78 is 1.97. The summed E-state index contributed by atoms with van der Waals surface area (Å²) >= 11 is 0. The Morgan fingerprint density at radius 2 is 2.20 bits per heavy atom. The van der Waals surface area contributed by atoms with E-state index in [9.17, 15) is 4.79 Å². The second kappa shape index (κ2) is 3.58. The lowest BCUT2D eigenvalue weighted by atomic mass is 10.1. The molecule has 0 saturated carbocycles. The smallest absolute Gasteiger partial charge is 0.236 e. The minimum atomic E-state index is -0.397. The first-order chi connectivity index (χ1) is 7.22. The standard InChI is InChI=1S/C12H10N2O/c1-14-8-9(6-10(15)7-13)11-4-2-3-5-12(11)14/h2-5,8H,6H2,1H3. The number of para-hydroxylation sites is 1. The Kier molecular flexibility index (Phi) is 2.26. The molecule has 0 N–H and O–H groups in total. The summed E-state index contributed by atoms with van der Waals surface area (Å²) in [5.74, 6) is -0.397. The highest BCUT2D eigenvalue weighted by Gasteiger charge is 2.09. The van der Waals surface area contributed by atoms with Gasteiger partial charge in [0.05, 0.1) is 0 Å². The Morgan fingerprint density at radius 3 is 2.93 bits per heavy atom. The predicted molar refractivity (Wildman–Crippen MR) is 57.2 cm³/mol. The van der Waals surface area contributed by atoms with Crippen molar-refractivity contribution in [3.63, 3.8) is 0 Å². The number of nitriles is 1. The molecule has 2 aromatic rings. The van der Waals surface area contributed by atoms with E-state index in [1.165, 1.54) is 0 Å². The zero-order valence-corrected chi connectivity index (χ0v) is 8.40. The minimum Gasteiger partial charge on any atom is -0.350 e. The fourth-order valence-electron chi connectivity index (χ4n) is 1.78. The van der Waals surface area contributed by atoms with Gasteiger partial charge in [-0.3, -0.25) is 4.79 Å². The van der Waals surface area contributed by atoms with Crippen molar-refractivity contribution in [3.05, 3.63) is 36.0 Å². The van der Waals surface area contributed by atoms with Crippen LogP contribution in [0.3, 0.4) is 0 Å². The van der Waals surface area contributed by atoms with Gasteiger partial charge >= 0.3 is 0 Å². The molecule has 0 bridgehead atoms. The van der Waals surface area contributed by atoms with Gasteiger partial charge in [-0.25, -0.2) is 0 Å². The Bertz CT molecular complexity index is 560. The highest BCUT2D eigenvalue weighted by molar-refractivity contribution is 5.98. The lowest BCUT2D eigenvalue weighted by Gasteiger charge is -1.93. The number of hydrogen-bond donors (Lipinski definition) is 0. The lowest BCUT2D eigenvalue weighted by molar-refractivity contribution is -0.113. The predicted octanol–water partition coefficient (Wildman–Crippen LogP) is 1.81. The van der Waals surface area contributed by atoms with Gasteiger partial charge in [0, 0.05) is 30.6 Å². The molecule has 0 unspecified atom stereocenters. The van der Waals surface area contributed by atoms with Crippen LogP contribution in [-0.2, 0) is 18.3 Å². The maximum atomic E-state index is 11.1.